The van der Waals surface area contributed by atoms with Gasteiger partial charge in [-0.15, -0.1) is 0 Å². The Morgan fingerprint density at radius 2 is 1.54 bits per heavy atom. The Hall–Kier alpha value is -2.99. The minimum absolute atomic E-state index is 0.159. The van der Waals surface area contributed by atoms with Crippen LogP contribution in [0, 0.1) is 0 Å². The van der Waals surface area contributed by atoms with E-state index in [-0.39, 0.29) is 6.61 Å². The number of hydrogen-bond acceptors (Lipinski definition) is 6. The second-order valence-corrected chi connectivity index (χ2v) is 5.59. The third-order valence-electron chi connectivity index (χ3n) is 4.24. The van der Waals surface area contributed by atoms with Crippen molar-refractivity contribution in [1.82, 2.24) is 4.98 Å². The van der Waals surface area contributed by atoms with Crippen LogP contribution in [-0.4, -0.2) is 38.5 Å². The Balaban J connectivity index is 2.28. The average Bonchev–Trinajstić information content (AvgIpc) is 2.71. The maximum absolute atomic E-state index is 9.92. The monoisotopic (exact) mass is 355 g/mol. The van der Waals surface area contributed by atoms with E-state index in [1.807, 2.05) is 30.3 Å². The third kappa shape index (κ3) is 2.99. The van der Waals surface area contributed by atoms with Gasteiger partial charge in [0.1, 0.15) is 5.75 Å². The van der Waals surface area contributed by atoms with Crippen LogP contribution < -0.4 is 18.9 Å². The van der Waals surface area contributed by atoms with Crippen molar-refractivity contribution in [1.29, 1.82) is 0 Å². The second-order valence-electron chi connectivity index (χ2n) is 5.59. The standard InChI is InChI=1S/C20H21NO5/c1-23-14-7-5-12(6-8-14)15-9-13(11-22)18-16(21-15)10-17(24-2)19(25-3)20(18)26-4/h5-10,22H,11H2,1-4H3. The molecule has 3 rings (SSSR count). The van der Waals surface area contributed by atoms with E-state index in [0.29, 0.717) is 33.7 Å². The number of aromatic nitrogens is 1. The molecule has 26 heavy (non-hydrogen) atoms. The first kappa shape index (κ1) is 17.8. The van der Waals surface area contributed by atoms with Crippen LogP contribution in [0.15, 0.2) is 36.4 Å². The molecule has 0 atom stereocenters. The van der Waals surface area contributed by atoms with E-state index in [9.17, 15) is 5.11 Å². The highest BCUT2D eigenvalue weighted by Crippen LogP contribution is 2.44. The number of methoxy groups -OCH3 is 4. The zero-order chi connectivity index (χ0) is 18.7. The molecular weight excluding hydrogens is 334 g/mol. The van der Waals surface area contributed by atoms with E-state index < -0.39 is 0 Å². The Kier molecular flexibility index (Phi) is 5.14. The zero-order valence-corrected chi connectivity index (χ0v) is 15.2. The van der Waals surface area contributed by atoms with Gasteiger partial charge in [-0.2, -0.15) is 0 Å². The van der Waals surface area contributed by atoms with Crippen molar-refractivity contribution >= 4 is 10.9 Å². The first-order valence-corrected chi connectivity index (χ1v) is 8.04. The molecule has 0 amide bonds. The van der Waals surface area contributed by atoms with Crippen LogP contribution >= 0.6 is 0 Å². The van der Waals surface area contributed by atoms with Crippen molar-refractivity contribution in [3.05, 3.63) is 42.0 Å². The first-order valence-electron chi connectivity index (χ1n) is 8.04. The molecule has 0 spiro atoms. The van der Waals surface area contributed by atoms with Crippen molar-refractivity contribution in [3.8, 4) is 34.3 Å². The van der Waals surface area contributed by atoms with Gasteiger partial charge in [-0.1, -0.05) is 0 Å². The Bertz CT molecular complexity index is 922. The molecule has 1 aromatic heterocycles. The number of aliphatic hydroxyl groups is 1. The number of pyridine rings is 1. The lowest BCUT2D eigenvalue weighted by molar-refractivity contribution is 0.282. The molecule has 6 nitrogen and oxygen atoms in total. The van der Waals surface area contributed by atoms with Crippen LogP contribution in [0.25, 0.3) is 22.2 Å². The molecule has 0 saturated carbocycles. The summed E-state index contributed by atoms with van der Waals surface area (Å²) in [6.45, 7) is -0.159. The quantitative estimate of drug-likeness (QED) is 0.730. The average molecular weight is 355 g/mol. The minimum Gasteiger partial charge on any atom is -0.497 e. The molecule has 0 aliphatic carbocycles. The fourth-order valence-electron chi connectivity index (χ4n) is 2.98. The van der Waals surface area contributed by atoms with Gasteiger partial charge >= 0.3 is 0 Å². The molecule has 1 heterocycles. The third-order valence-corrected chi connectivity index (χ3v) is 4.24. The molecule has 0 aliphatic heterocycles. The largest absolute Gasteiger partial charge is 0.497 e. The van der Waals surface area contributed by atoms with E-state index in [1.165, 1.54) is 0 Å². The van der Waals surface area contributed by atoms with Crippen molar-refractivity contribution in [3.63, 3.8) is 0 Å². The highest BCUT2D eigenvalue weighted by atomic mass is 16.5. The van der Waals surface area contributed by atoms with Gasteiger partial charge in [-0.3, -0.25) is 0 Å². The van der Waals surface area contributed by atoms with Crippen LogP contribution in [0.1, 0.15) is 5.56 Å². The summed E-state index contributed by atoms with van der Waals surface area (Å²) in [7, 11) is 6.28. The van der Waals surface area contributed by atoms with Gasteiger partial charge in [-0.05, 0) is 35.9 Å². The maximum atomic E-state index is 9.92. The summed E-state index contributed by atoms with van der Waals surface area (Å²) in [5.41, 5.74) is 2.99. The summed E-state index contributed by atoms with van der Waals surface area (Å²) in [5, 5.41) is 10.6. The number of nitrogens with zero attached hydrogens (tertiary/aromatic N) is 1. The molecule has 6 heteroatoms. The van der Waals surface area contributed by atoms with E-state index >= 15 is 0 Å². The van der Waals surface area contributed by atoms with Gasteiger partial charge in [0.25, 0.3) is 0 Å². The second kappa shape index (κ2) is 7.49. The number of ether oxygens (including phenoxy) is 4. The SMILES string of the molecule is COc1ccc(-c2cc(CO)c3c(OC)c(OC)c(OC)cc3n2)cc1. The topological polar surface area (TPSA) is 70.0 Å². The van der Waals surface area contributed by atoms with Crippen molar-refractivity contribution in [2.24, 2.45) is 0 Å². The fraction of sp³-hybridized carbons (Fsp3) is 0.250. The van der Waals surface area contributed by atoms with Crippen LogP contribution in [0.3, 0.4) is 0 Å². The summed E-state index contributed by atoms with van der Waals surface area (Å²) in [4.78, 5) is 4.73. The van der Waals surface area contributed by atoms with Gasteiger partial charge in [-0.25, -0.2) is 4.98 Å². The predicted octanol–water partition coefficient (Wildman–Crippen LogP) is 3.43. The minimum atomic E-state index is -0.159. The van der Waals surface area contributed by atoms with E-state index in [0.717, 1.165) is 17.0 Å². The highest BCUT2D eigenvalue weighted by molar-refractivity contribution is 5.94. The van der Waals surface area contributed by atoms with Gasteiger partial charge in [0.2, 0.25) is 5.75 Å². The van der Waals surface area contributed by atoms with E-state index in [4.69, 9.17) is 23.9 Å². The van der Waals surface area contributed by atoms with E-state index in [2.05, 4.69) is 0 Å². The fourth-order valence-corrected chi connectivity index (χ4v) is 2.98. The Labute approximate surface area is 151 Å². The Morgan fingerprint density at radius 1 is 0.846 bits per heavy atom. The van der Waals surface area contributed by atoms with Crippen LogP contribution in [0.4, 0.5) is 0 Å². The molecule has 0 radical (unpaired) electrons. The first-order chi connectivity index (χ1) is 12.7. The molecule has 0 bridgehead atoms. The summed E-state index contributed by atoms with van der Waals surface area (Å²) in [6, 6.07) is 11.2. The molecule has 136 valence electrons. The predicted molar refractivity (Wildman–Crippen MR) is 99.3 cm³/mol. The maximum Gasteiger partial charge on any atom is 0.204 e. The summed E-state index contributed by atoms with van der Waals surface area (Å²) in [6.07, 6.45) is 0. The van der Waals surface area contributed by atoms with Crippen molar-refractivity contribution < 1.29 is 24.1 Å². The molecule has 3 aromatic rings. The summed E-state index contributed by atoms with van der Waals surface area (Å²) in [5.74, 6) is 2.24. The number of hydrogen-bond donors (Lipinski definition) is 1. The van der Waals surface area contributed by atoms with Gasteiger partial charge in [0, 0.05) is 11.6 Å². The molecule has 0 saturated heterocycles. The lowest BCUT2D eigenvalue weighted by Gasteiger charge is -2.17. The van der Waals surface area contributed by atoms with E-state index in [1.54, 1.807) is 34.5 Å². The molecular formula is C20H21NO5. The summed E-state index contributed by atoms with van der Waals surface area (Å²) < 4.78 is 21.6. The highest BCUT2D eigenvalue weighted by Gasteiger charge is 2.20. The number of rotatable bonds is 6. The zero-order valence-electron chi connectivity index (χ0n) is 15.2. The van der Waals surface area contributed by atoms with Crippen LogP contribution in [0.5, 0.6) is 23.0 Å². The molecule has 0 unspecified atom stereocenters. The van der Waals surface area contributed by atoms with Crippen molar-refractivity contribution in [2.45, 2.75) is 6.61 Å². The molecule has 1 N–H and O–H groups in total. The van der Waals surface area contributed by atoms with Crippen LogP contribution in [-0.2, 0) is 6.61 Å². The normalized spacial score (nSPS) is 10.7. The number of benzene rings is 2. The van der Waals surface area contributed by atoms with Gasteiger partial charge in [0.05, 0.1) is 51.6 Å². The van der Waals surface area contributed by atoms with Gasteiger partial charge < -0.3 is 24.1 Å². The van der Waals surface area contributed by atoms with Crippen molar-refractivity contribution in [2.75, 3.05) is 28.4 Å². The van der Waals surface area contributed by atoms with Gasteiger partial charge in [0.15, 0.2) is 11.5 Å². The number of fused-ring (bicyclic) bond motifs is 1. The lowest BCUT2D eigenvalue weighted by Crippen LogP contribution is -2.00. The summed E-state index contributed by atoms with van der Waals surface area (Å²) >= 11 is 0. The smallest absolute Gasteiger partial charge is 0.204 e. The lowest BCUT2D eigenvalue weighted by atomic mass is 10.0. The Morgan fingerprint density at radius 3 is 2.08 bits per heavy atom. The molecule has 0 fully saturated rings. The van der Waals surface area contributed by atoms with Crippen LogP contribution in [0.2, 0.25) is 0 Å². The molecule has 2 aromatic carbocycles. The molecule has 0 aliphatic rings. The number of aliphatic hydroxyl groups excluding tert-OH is 1.